The molecule has 70 valence electrons. The quantitative estimate of drug-likeness (QED) is 0.616. The van der Waals surface area contributed by atoms with Gasteiger partial charge in [-0.3, -0.25) is 4.79 Å². The van der Waals surface area contributed by atoms with E-state index < -0.39 is 0 Å². The van der Waals surface area contributed by atoms with E-state index in [2.05, 4.69) is 13.8 Å². The van der Waals surface area contributed by atoms with Crippen LogP contribution in [0.15, 0.2) is 0 Å². The smallest absolute Gasteiger partial charge is 0.222 e. The van der Waals surface area contributed by atoms with E-state index in [1.165, 1.54) is 12.8 Å². The highest BCUT2D eigenvalue weighted by atomic mass is 16.2. The number of carbonyl (C=O) groups is 1. The highest BCUT2D eigenvalue weighted by Gasteiger charge is 2.26. The fraction of sp³-hybridized carbons (Fsp3) is 0.900. The summed E-state index contributed by atoms with van der Waals surface area (Å²) in [7, 11) is 0. The molecule has 0 saturated heterocycles. The van der Waals surface area contributed by atoms with Crippen LogP contribution in [0.3, 0.4) is 0 Å². The van der Waals surface area contributed by atoms with Crippen molar-refractivity contribution in [2.45, 2.75) is 39.5 Å². The normalized spacial score (nSPS) is 16.2. The molecule has 0 spiro atoms. The van der Waals surface area contributed by atoms with Crippen LogP contribution in [0.2, 0.25) is 0 Å². The maximum atomic E-state index is 11.5. The van der Waals surface area contributed by atoms with Gasteiger partial charge in [-0.1, -0.05) is 6.92 Å². The molecular weight excluding hydrogens is 150 g/mol. The lowest BCUT2D eigenvalue weighted by atomic mass is 10.2. The third kappa shape index (κ3) is 2.84. The summed E-state index contributed by atoms with van der Waals surface area (Å²) >= 11 is 0. The Morgan fingerprint density at radius 3 is 2.50 bits per heavy atom. The average molecular weight is 169 g/mol. The zero-order valence-electron chi connectivity index (χ0n) is 8.18. The minimum absolute atomic E-state index is 0.363. The number of rotatable bonds is 5. The first-order chi connectivity index (χ1) is 5.77. The molecule has 0 N–H and O–H groups in total. The van der Waals surface area contributed by atoms with Gasteiger partial charge in [0.05, 0.1) is 0 Å². The van der Waals surface area contributed by atoms with Gasteiger partial charge in [-0.25, -0.2) is 0 Å². The highest BCUT2D eigenvalue weighted by molar-refractivity contribution is 5.76. The van der Waals surface area contributed by atoms with Crippen molar-refractivity contribution in [3.63, 3.8) is 0 Å². The maximum Gasteiger partial charge on any atom is 0.222 e. The molecule has 2 heteroatoms. The van der Waals surface area contributed by atoms with E-state index in [0.29, 0.717) is 5.91 Å². The largest absolute Gasteiger partial charge is 0.343 e. The van der Waals surface area contributed by atoms with Crippen LogP contribution in [0.5, 0.6) is 0 Å². The fourth-order valence-electron chi connectivity index (χ4n) is 1.43. The van der Waals surface area contributed by atoms with E-state index in [9.17, 15) is 4.79 Å². The van der Waals surface area contributed by atoms with Crippen LogP contribution < -0.4 is 0 Å². The van der Waals surface area contributed by atoms with Crippen LogP contribution in [0.25, 0.3) is 0 Å². The minimum atomic E-state index is 0.363. The second-order valence-corrected chi connectivity index (χ2v) is 3.62. The summed E-state index contributed by atoms with van der Waals surface area (Å²) in [6.45, 7) is 5.98. The maximum absolute atomic E-state index is 11.5. The van der Waals surface area contributed by atoms with Crippen molar-refractivity contribution >= 4 is 5.91 Å². The van der Waals surface area contributed by atoms with Crippen molar-refractivity contribution in [1.29, 1.82) is 0 Å². The standard InChI is InChI=1S/C10H19NO/c1-3-7-11(4-2)10(12)8-9-5-6-9/h9H,3-8H2,1-2H3. The molecule has 1 aliphatic carbocycles. The summed E-state index contributed by atoms with van der Waals surface area (Å²) in [6.07, 6.45) is 4.42. The molecule has 0 aliphatic heterocycles. The second kappa shape index (κ2) is 4.48. The van der Waals surface area contributed by atoms with E-state index in [0.717, 1.165) is 31.8 Å². The molecule has 2 nitrogen and oxygen atoms in total. The fourth-order valence-corrected chi connectivity index (χ4v) is 1.43. The summed E-state index contributed by atoms with van der Waals surface area (Å²) in [6, 6.07) is 0. The van der Waals surface area contributed by atoms with E-state index >= 15 is 0 Å². The lowest BCUT2D eigenvalue weighted by Gasteiger charge is -2.19. The Labute approximate surface area is 74.9 Å². The van der Waals surface area contributed by atoms with Crippen molar-refractivity contribution in [3.05, 3.63) is 0 Å². The Kier molecular flexibility index (Phi) is 3.57. The molecule has 0 bridgehead atoms. The number of hydrogen-bond donors (Lipinski definition) is 0. The van der Waals surface area contributed by atoms with Crippen LogP contribution >= 0.6 is 0 Å². The summed E-state index contributed by atoms with van der Waals surface area (Å²) in [5.41, 5.74) is 0. The monoisotopic (exact) mass is 169 g/mol. The molecule has 0 radical (unpaired) electrons. The summed E-state index contributed by atoms with van der Waals surface area (Å²) in [5, 5.41) is 0. The third-order valence-electron chi connectivity index (χ3n) is 2.39. The van der Waals surface area contributed by atoms with Gasteiger partial charge < -0.3 is 4.90 Å². The predicted molar refractivity (Wildman–Crippen MR) is 49.9 cm³/mol. The Morgan fingerprint density at radius 2 is 2.08 bits per heavy atom. The molecule has 0 aromatic rings. The average Bonchev–Trinajstić information content (AvgIpc) is 2.83. The first-order valence-electron chi connectivity index (χ1n) is 5.05. The number of nitrogens with zero attached hydrogens (tertiary/aromatic N) is 1. The Morgan fingerprint density at radius 1 is 1.42 bits per heavy atom. The van der Waals surface area contributed by atoms with Crippen LogP contribution in [-0.4, -0.2) is 23.9 Å². The lowest BCUT2D eigenvalue weighted by molar-refractivity contribution is -0.131. The first kappa shape index (κ1) is 9.56. The zero-order chi connectivity index (χ0) is 8.97. The van der Waals surface area contributed by atoms with Crippen LogP contribution in [0.4, 0.5) is 0 Å². The van der Waals surface area contributed by atoms with E-state index in [1.54, 1.807) is 0 Å². The molecule has 0 heterocycles. The second-order valence-electron chi connectivity index (χ2n) is 3.62. The van der Waals surface area contributed by atoms with Crippen molar-refractivity contribution in [3.8, 4) is 0 Å². The van der Waals surface area contributed by atoms with Crippen LogP contribution in [-0.2, 0) is 4.79 Å². The molecule has 1 saturated carbocycles. The number of carbonyl (C=O) groups excluding carboxylic acids is 1. The summed E-state index contributed by atoms with van der Waals surface area (Å²) in [5.74, 6) is 1.09. The Bertz CT molecular complexity index is 152. The van der Waals surface area contributed by atoms with Gasteiger partial charge in [0.15, 0.2) is 0 Å². The zero-order valence-corrected chi connectivity index (χ0v) is 8.18. The molecule has 1 aliphatic rings. The topological polar surface area (TPSA) is 20.3 Å². The lowest BCUT2D eigenvalue weighted by Crippen LogP contribution is -2.31. The van der Waals surface area contributed by atoms with Gasteiger partial charge in [0.1, 0.15) is 0 Å². The highest BCUT2D eigenvalue weighted by Crippen LogP contribution is 2.32. The van der Waals surface area contributed by atoms with Gasteiger partial charge in [-0.2, -0.15) is 0 Å². The van der Waals surface area contributed by atoms with Crippen molar-refractivity contribution in [2.75, 3.05) is 13.1 Å². The van der Waals surface area contributed by atoms with Crippen molar-refractivity contribution < 1.29 is 4.79 Å². The molecule has 12 heavy (non-hydrogen) atoms. The third-order valence-corrected chi connectivity index (χ3v) is 2.39. The molecule has 0 aromatic heterocycles. The molecule has 0 aromatic carbocycles. The first-order valence-corrected chi connectivity index (χ1v) is 5.05. The number of amides is 1. The Hall–Kier alpha value is -0.530. The van der Waals surface area contributed by atoms with Crippen LogP contribution in [0, 0.1) is 5.92 Å². The van der Waals surface area contributed by atoms with Crippen LogP contribution in [0.1, 0.15) is 39.5 Å². The SMILES string of the molecule is CCCN(CC)C(=O)CC1CC1. The molecule has 0 atom stereocenters. The van der Waals surface area contributed by atoms with Gasteiger partial charge in [0.25, 0.3) is 0 Å². The van der Waals surface area contributed by atoms with Gasteiger partial charge in [0, 0.05) is 19.5 Å². The molecule has 1 rings (SSSR count). The Balaban J connectivity index is 2.24. The van der Waals surface area contributed by atoms with Gasteiger partial charge in [0.2, 0.25) is 5.91 Å². The van der Waals surface area contributed by atoms with Crippen molar-refractivity contribution in [2.24, 2.45) is 5.92 Å². The minimum Gasteiger partial charge on any atom is -0.343 e. The van der Waals surface area contributed by atoms with Crippen molar-refractivity contribution in [1.82, 2.24) is 4.90 Å². The number of hydrogen-bond acceptors (Lipinski definition) is 1. The summed E-state index contributed by atoms with van der Waals surface area (Å²) < 4.78 is 0. The molecule has 1 amide bonds. The van der Waals surface area contributed by atoms with E-state index in [4.69, 9.17) is 0 Å². The molecule has 0 unspecified atom stereocenters. The van der Waals surface area contributed by atoms with E-state index in [1.807, 2.05) is 4.90 Å². The van der Waals surface area contributed by atoms with Gasteiger partial charge >= 0.3 is 0 Å². The van der Waals surface area contributed by atoms with E-state index in [-0.39, 0.29) is 0 Å². The van der Waals surface area contributed by atoms with Gasteiger partial charge in [-0.15, -0.1) is 0 Å². The summed E-state index contributed by atoms with van der Waals surface area (Å²) in [4.78, 5) is 13.5. The molecule has 1 fully saturated rings. The predicted octanol–water partition coefficient (Wildman–Crippen LogP) is 2.04. The molecular formula is C10H19NO. The van der Waals surface area contributed by atoms with Gasteiger partial charge in [-0.05, 0) is 32.1 Å².